The fraction of sp³-hybridized carbons (Fsp3) is 1.00. The Bertz CT molecular complexity index is 109. The number of aliphatic hydroxyl groups excluding tert-OH is 1. The molecule has 0 saturated heterocycles. The van der Waals surface area contributed by atoms with Gasteiger partial charge in [-0.2, -0.15) is 0 Å². The molecule has 0 fully saturated rings. The SMILES string of the molecule is CCN(CCCCO)C(C)COC. The molecule has 1 unspecified atom stereocenters. The van der Waals surface area contributed by atoms with E-state index in [1.165, 1.54) is 0 Å². The maximum atomic E-state index is 8.65. The van der Waals surface area contributed by atoms with Crippen molar-refractivity contribution >= 4 is 0 Å². The second-order valence-electron chi connectivity index (χ2n) is 3.36. The van der Waals surface area contributed by atoms with Gasteiger partial charge in [-0.05, 0) is 32.9 Å². The van der Waals surface area contributed by atoms with Crippen LogP contribution in [-0.2, 0) is 4.74 Å². The highest BCUT2D eigenvalue weighted by Crippen LogP contribution is 2.01. The Kier molecular flexibility index (Phi) is 8.40. The molecule has 0 heterocycles. The zero-order valence-corrected chi connectivity index (χ0v) is 9.12. The summed E-state index contributed by atoms with van der Waals surface area (Å²) < 4.78 is 5.10. The van der Waals surface area contributed by atoms with Crippen LogP contribution in [0.15, 0.2) is 0 Å². The van der Waals surface area contributed by atoms with Gasteiger partial charge in [0.25, 0.3) is 0 Å². The Labute approximate surface area is 81.7 Å². The van der Waals surface area contributed by atoms with Gasteiger partial charge in [0.05, 0.1) is 6.61 Å². The molecule has 0 aliphatic heterocycles. The quantitative estimate of drug-likeness (QED) is 0.581. The minimum atomic E-state index is 0.302. The monoisotopic (exact) mass is 189 g/mol. The Morgan fingerprint density at radius 3 is 2.54 bits per heavy atom. The molecular weight excluding hydrogens is 166 g/mol. The predicted molar refractivity (Wildman–Crippen MR) is 54.9 cm³/mol. The van der Waals surface area contributed by atoms with Gasteiger partial charge in [0.15, 0.2) is 0 Å². The number of likely N-dealkylation sites (N-methyl/N-ethyl adjacent to an activating group) is 1. The Morgan fingerprint density at radius 2 is 2.08 bits per heavy atom. The van der Waals surface area contributed by atoms with E-state index in [0.29, 0.717) is 12.6 Å². The highest BCUT2D eigenvalue weighted by Gasteiger charge is 2.10. The first-order valence-corrected chi connectivity index (χ1v) is 5.10. The Hall–Kier alpha value is -0.120. The smallest absolute Gasteiger partial charge is 0.0615 e. The van der Waals surface area contributed by atoms with Gasteiger partial charge in [0.2, 0.25) is 0 Å². The van der Waals surface area contributed by atoms with Gasteiger partial charge >= 0.3 is 0 Å². The van der Waals surface area contributed by atoms with Gasteiger partial charge in [0, 0.05) is 19.8 Å². The fourth-order valence-corrected chi connectivity index (χ4v) is 1.46. The van der Waals surface area contributed by atoms with Gasteiger partial charge in [-0.1, -0.05) is 6.92 Å². The maximum Gasteiger partial charge on any atom is 0.0615 e. The first kappa shape index (κ1) is 12.9. The summed E-state index contributed by atoms with van der Waals surface area (Å²) in [5.41, 5.74) is 0. The second-order valence-corrected chi connectivity index (χ2v) is 3.36. The van der Waals surface area contributed by atoms with Crippen molar-refractivity contribution in [3.05, 3.63) is 0 Å². The molecular formula is C10H23NO2. The maximum absolute atomic E-state index is 8.65. The van der Waals surface area contributed by atoms with E-state index in [1.807, 2.05) is 0 Å². The molecule has 3 nitrogen and oxygen atoms in total. The molecule has 1 N–H and O–H groups in total. The standard InChI is InChI=1S/C10H23NO2/c1-4-11(7-5-6-8-12)10(2)9-13-3/h10,12H,4-9H2,1-3H3. The summed E-state index contributed by atoms with van der Waals surface area (Å²) in [4.78, 5) is 2.37. The number of nitrogens with zero attached hydrogens (tertiary/aromatic N) is 1. The molecule has 0 bridgehead atoms. The lowest BCUT2D eigenvalue weighted by Gasteiger charge is -2.27. The van der Waals surface area contributed by atoms with Crippen LogP contribution in [0.1, 0.15) is 26.7 Å². The fourth-order valence-electron chi connectivity index (χ4n) is 1.46. The van der Waals surface area contributed by atoms with Crippen LogP contribution in [0, 0.1) is 0 Å². The molecule has 1 atom stereocenters. The molecule has 80 valence electrons. The number of methoxy groups -OCH3 is 1. The highest BCUT2D eigenvalue weighted by atomic mass is 16.5. The van der Waals surface area contributed by atoms with Crippen LogP contribution in [-0.4, -0.2) is 49.5 Å². The van der Waals surface area contributed by atoms with E-state index in [9.17, 15) is 0 Å². The summed E-state index contributed by atoms with van der Waals surface area (Å²) in [6, 6.07) is 0.480. The minimum Gasteiger partial charge on any atom is -0.396 e. The van der Waals surface area contributed by atoms with E-state index in [4.69, 9.17) is 9.84 Å². The summed E-state index contributed by atoms with van der Waals surface area (Å²) in [5, 5.41) is 8.65. The van der Waals surface area contributed by atoms with Gasteiger partial charge < -0.3 is 9.84 Å². The first-order chi connectivity index (χ1) is 6.26. The summed E-state index contributed by atoms with van der Waals surface area (Å²) in [7, 11) is 1.73. The molecule has 0 spiro atoms. The zero-order chi connectivity index (χ0) is 10.1. The molecule has 3 heteroatoms. The van der Waals surface area contributed by atoms with Crippen LogP contribution in [0.2, 0.25) is 0 Å². The summed E-state index contributed by atoms with van der Waals surface area (Å²) in [5.74, 6) is 0. The molecule has 0 aliphatic carbocycles. The third-order valence-electron chi connectivity index (χ3n) is 2.29. The van der Waals surface area contributed by atoms with Crippen molar-refractivity contribution in [2.45, 2.75) is 32.7 Å². The van der Waals surface area contributed by atoms with E-state index < -0.39 is 0 Å². The number of unbranched alkanes of at least 4 members (excludes halogenated alkanes) is 1. The summed E-state index contributed by atoms with van der Waals surface area (Å²) >= 11 is 0. The van der Waals surface area contributed by atoms with Gasteiger partial charge in [-0.15, -0.1) is 0 Å². The van der Waals surface area contributed by atoms with E-state index in [0.717, 1.165) is 32.5 Å². The van der Waals surface area contributed by atoms with Crippen molar-refractivity contribution < 1.29 is 9.84 Å². The van der Waals surface area contributed by atoms with E-state index in [1.54, 1.807) is 7.11 Å². The van der Waals surface area contributed by atoms with Crippen LogP contribution in [0.3, 0.4) is 0 Å². The molecule has 0 aromatic carbocycles. The van der Waals surface area contributed by atoms with Crippen molar-refractivity contribution in [2.24, 2.45) is 0 Å². The normalized spacial score (nSPS) is 13.6. The second kappa shape index (κ2) is 8.48. The number of ether oxygens (including phenoxy) is 1. The lowest BCUT2D eigenvalue weighted by atomic mass is 10.2. The topological polar surface area (TPSA) is 32.7 Å². The van der Waals surface area contributed by atoms with Gasteiger partial charge in [0.1, 0.15) is 0 Å². The minimum absolute atomic E-state index is 0.302. The molecule has 0 amide bonds. The zero-order valence-electron chi connectivity index (χ0n) is 9.12. The van der Waals surface area contributed by atoms with Crippen LogP contribution in [0.5, 0.6) is 0 Å². The van der Waals surface area contributed by atoms with Crippen molar-refractivity contribution in [2.75, 3.05) is 33.4 Å². The largest absolute Gasteiger partial charge is 0.396 e. The number of hydrogen-bond acceptors (Lipinski definition) is 3. The molecule has 13 heavy (non-hydrogen) atoms. The number of aliphatic hydroxyl groups is 1. The molecule has 0 rings (SSSR count). The predicted octanol–water partition coefficient (Wildman–Crippen LogP) is 1.12. The molecule has 0 aliphatic rings. The lowest BCUT2D eigenvalue weighted by molar-refractivity contribution is 0.100. The van der Waals surface area contributed by atoms with Crippen LogP contribution in [0.4, 0.5) is 0 Å². The van der Waals surface area contributed by atoms with Crippen molar-refractivity contribution in [3.8, 4) is 0 Å². The van der Waals surface area contributed by atoms with Crippen molar-refractivity contribution in [3.63, 3.8) is 0 Å². The number of hydrogen-bond donors (Lipinski definition) is 1. The van der Waals surface area contributed by atoms with E-state index in [2.05, 4.69) is 18.7 Å². The average Bonchev–Trinajstić information content (AvgIpc) is 2.13. The van der Waals surface area contributed by atoms with Crippen LogP contribution >= 0.6 is 0 Å². The van der Waals surface area contributed by atoms with Gasteiger partial charge in [-0.3, -0.25) is 4.90 Å². The Morgan fingerprint density at radius 1 is 1.38 bits per heavy atom. The number of rotatable bonds is 8. The highest BCUT2D eigenvalue weighted by molar-refractivity contribution is 4.64. The molecule has 0 radical (unpaired) electrons. The molecule has 0 aromatic rings. The van der Waals surface area contributed by atoms with Crippen LogP contribution in [0.25, 0.3) is 0 Å². The van der Waals surface area contributed by atoms with Gasteiger partial charge in [-0.25, -0.2) is 0 Å². The Balaban J connectivity index is 3.60. The molecule has 0 saturated carbocycles. The van der Waals surface area contributed by atoms with E-state index >= 15 is 0 Å². The summed E-state index contributed by atoms with van der Waals surface area (Å²) in [6.07, 6.45) is 1.97. The molecule has 0 aromatic heterocycles. The first-order valence-electron chi connectivity index (χ1n) is 5.10. The summed E-state index contributed by atoms with van der Waals surface area (Å²) in [6.45, 7) is 7.53. The lowest BCUT2D eigenvalue weighted by Crippen LogP contribution is -2.36. The van der Waals surface area contributed by atoms with Crippen molar-refractivity contribution in [1.82, 2.24) is 4.90 Å². The average molecular weight is 189 g/mol. The third-order valence-corrected chi connectivity index (χ3v) is 2.29. The third kappa shape index (κ3) is 6.02. The van der Waals surface area contributed by atoms with Crippen molar-refractivity contribution in [1.29, 1.82) is 0 Å². The van der Waals surface area contributed by atoms with E-state index in [-0.39, 0.29) is 0 Å². The van der Waals surface area contributed by atoms with Crippen LogP contribution < -0.4 is 0 Å².